The van der Waals surface area contributed by atoms with Gasteiger partial charge in [-0.05, 0) is 37.1 Å². The Hall–Kier alpha value is -3.28. The van der Waals surface area contributed by atoms with E-state index >= 15 is 0 Å². The lowest BCUT2D eigenvalue weighted by atomic mass is 9.98. The Balaban J connectivity index is 1.47. The van der Waals surface area contributed by atoms with E-state index in [0.717, 1.165) is 33.7 Å². The number of aryl methyl sites for hydroxylation is 2. The molecule has 0 bridgehead atoms. The molecule has 144 valence electrons. The third kappa shape index (κ3) is 3.58. The largest absolute Gasteiger partial charge is 0.492 e. The van der Waals surface area contributed by atoms with Crippen LogP contribution in [-0.4, -0.2) is 22.8 Å². The molecule has 1 aromatic heterocycles. The lowest BCUT2D eigenvalue weighted by molar-refractivity contribution is -0.137. The predicted octanol–water partition coefficient (Wildman–Crippen LogP) is 4.49. The summed E-state index contributed by atoms with van der Waals surface area (Å²) < 4.78 is 16.8. The zero-order chi connectivity index (χ0) is 19.7. The highest BCUT2D eigenvalue weighted by Gasteiger charge is 2.26. The van der Waals surface area contributed by atoms with Gasteiger partial charge in [0.25, 0.3) is 0 Å². The SMILES string of the molecule is Cc1noc(C)c1-c1cccc(COc2ccc3c(c2)OCC3CC(=O)O)c1. The lowest BCUT2D eigenvalue weighted by Gasteiger charge is -2.10. The molecule has 2 aromatic carbocycles. The Bertz CT molecular complexity index is 1000. The average Bonchev–Trinajstić information content (AvgIpc) is 3.22. The van der Waals surface area contributed by atoms with Crippen molar-refractivity contribution in [1.82, 2.24) is 5.16 Å². The van der Waals surface area contributed by atoms with Crippen LogP contribution in [0.3, 0.4) is 0 Å². The van der Waals surface area contributed by atoms with Gasteiger partial charge < -0.3 is 19.1 Å². The smallest absolute Gasteiger partial charge is 0.304 e. The molecule has 0 saturated carbocycles. The van der Waals surface area contributed by atoms with Crippen LogP contribution in [0.4, 0.5) is 0 Å². The van der Waals surface area contributed by atoms with E-state index in [1.165, 1.54) is 0 Å². The van der Waals surface area contributed by atoms with Crippen molar-refractivity contribution in [1.29, 1.82) is 0 Å². The van der Waals surface area contributed by atoms with Gasteiger partial charge >= 0.3 is 5.97 Å². The molecule has 1 aliphatic rings. The Morgan fingerprint density at radius 2 is 2.11 bits per heavy atom. The Morgan fingerprint density at radius 3 is 2.86 bits per heavy atom. The number of hydrogen-bond donors (Lipinski definition) is 1. The number of aliphatic carboxylic acids is 1. The number of nitrogens with zero attached hydrogens (tertiary/aromatic N) is 1. The number of hydrogen-bond acceptors (Lipinski definition) is 5. The van der Waals surface area contributed by atoms with E-state index in [2.05, 4.69) is 11.2 Å². The van der Waals surface area contributed by atoms with Gasteiger partial charge in [-0.1, -0.05) is 29.4 Å². The van der Waals surface area contributed by atoms with Crippen molar-refractivity contribution in [2.75, 3.05) is 6.61 Å². The standard InChI is InChI=1S/C22H21NO5/c1-13-22(14(2)28-23-13)16-5-3-4-15(8-16)11-26-18-6-7-19-17(9-21(24)25)12-27-20(19)10-18/h3-8,10,17H,9,11-12H2,1-2H3,(H,24,25). The molecule has 1 aliphatic heterocycles. The Labute approximate surface area is 162 Å². The highest BCUT2D eigenvalue weighted by molar-refractivity contribution is 5.69. The van der Waals surface area contributed by atoms with Crippen molar-refractivity contribution >= 4 is 5.97 Å². The normalized spacial score (nSPS) is 15.1. The number of rotatable bonds is 6. The minimum Gasteiger partial charge on any atom is -0.492 e. The van der Waals surface area contributed by atoms with E-state index in [1.807, 2.05) is 50.2 Å². The molecule has 1 unspecified atom stereocenters. The predicted molar refractivity (Wildman–Crippen MR) is 103 cm³/mol. The van der Waals surface area contributed by atoms with Gasteiger partial charge in [-0.3, -0.25) is 4.79 Å². The summed E-state index contributed by atoms with van der Waals surface area (Å²) in [5.41, 5.74) is 4.88. The van der Waals surface area contributed by atoms with Crippen molar-refractivity contribution in [2.24, 2.45) is 0 Å². The molecule has 0 fully saturated rings. The van der Waals surface area contributed by atoms with E-state index in [0.29, 0.717) is 24.7 Å². The summed E-state index contributed by atoms with van der Waals surface area (Å²) in [7, 11) is 0. The summed E-state index contributed by atoms with van der Waals surface area (Å²) in [6, 6.07) is 13.7. The van der Waals surface area contributed by atoms with E-state index in [1.54, 1.807) is 0 Å². The number of carbonyl (C=O) groups is 1. The summed E-state index contributed by atoms with van der Waals surface area (Å²) >= 11 is 0. The van der Waals surface area contributed by atoms with Crippen LogP contribution in [0.25, 0.3) is 11.1 Å². The molecule has 3 aromatic rings. The molecule has 6 nitrogen and oxygen atoms in total. The average molecular weight is 379 g/mol. The van der Waals surface area contributed by atoms with Gasteiger partial charge in [-0.15, -0.1) is 0 Å². The highest BCUT2D eigenvalue weighted by atomic mass is 16.5. The Morgan fingerprint density at radius 1 is 1.25 bits per heavy atom. The molecular formula is C22H21NO5. The highest BCUT2D eigenvalue weighted by Crippen LogP contribution is 2.38. The maximum Gasteiger partial charge on any atom is 0.304 e. The van der Waals surface area contributed by atoms with Gasteiger partial charge in [0, 0.05) is 23.1 Å². The van der Waals surface area contributed by atoms with Gasteiger partial charge in [0.1, 0.15) is 23.9 Å². The monoisotopic (exact) mass is 379 g/mol. The van der Waals surface area contributed by atoms with Crippen molar-refractivity contribution in [3.8, 4) is 22.6 Å². The maximum atomic E-state index is 11.0. The van der Waals surface area contributed by atoms with E-state index in [-0.39, 0.29) is 12.3 Å². The minimum atomic E-state index is -0.819. The first-order valence-corrected chi connectivity index (χ1v) is 9.15. The lowest BCUT2D eigenvalue weighted by Crippen LogP contribution is -2.07. The molecule has 0 aliphatic carbocycles. The summed E-state index contributed by atoms with van der Waals surface area (Å²) in [6.07, 6.45) is 0.0711. The minimum absolute atomic E-state index is 0.0711. The van der Waals surface area contributed by atoms with Crippen LogP contribution in [0.5, 0.6) is 11.5 Å². The first-order chi connectivity index (χ1) is 13.5. The fourth-order valence-corrected chi connectivity index (χ4v) is 3.60. The second-order valence-electron chi connectivity index (χ2n) is 6.99. The molecule has 0 spiro atoms. The third-order valence-electron chi connectivity index (χ3n) is 4.94. The van der Waals surface area contributed by atoms with Crippen LogP contribution < -0.4 is 9.47 Å². The quantitative estimate of drug-likeness (QED) is 0.680. The molecular weight excluding hydrogens is 358 g/mol. The summed E-state index contributed by atoms with van der Waals surface area (Å²) in [6.45, 7) is 4.64. The number of ether oxygens (including phenoxy) is 2. The zero-order valence-corrected chi connectivity index (χ0v) is 15.8. The van der Waals surface area contributed by atoms with Crippen molar-refractivity contribution in [3.63, 3.8) is 0 Å². The number of carboxylic acid groups (broad SMARTS) is 1. The first kappa shape index (κ1) is 18.1. The number of aromatic nitrogens is 1. The van der Waals surface area contributed by atoms with E-state index in [9.17, 15) is 4.79 Å². The summed E-state index contributed by atoms with van der Waals surface area (Å²) in [5.74, 6) is 1.26. The fourth-order valence-electron chi connectivity index (χ4n) is 3.60. The van der Waals surface area contributed by atoms with Crippen molar-refractivity contribution < 1.29 is 23.9 Å². The van der Waals surface area contributed by atoms with Gasteiger partial charge in [-0.25, -0.2) is 0 Å². The molecule has 1 N–H and O–H groups in total. The van der Waals surface area contributed by atoms with E-state index < -0.39 is 5.97 Å². The second kappa shape index (κ2) is 7.38. The van der Waals surface area contributed by atoms with Crippen molar-refractivity contribution in [3.05, 3.63) is 65.0 Å². The van der Waals surface area contributed by atoms with Crippen LogP contribution in [-0.2, 0) is 11.4 Å². The second-order valence-corrected chi connectivity index (χ2v) is 6.99. The molecule has 6 heteroatoms. The molecule has 4 rings (SSSR count). The topological polar surface area (TPSA) is 81.8 Å². The number of carboxylic acids is 1. The van der Waals surface area contributed by atoms with Gasteiger partial charge in [0.05, 0.1) is 18.7 Å². The molecule has 0 saturated heterocycles. The Kier molecular flexibility index (Phi) is 4.77. The molecule has 2 heterocycles. The van der Waals surface area contributed by atoms with Crippen molar-refractivity contribution in [2.45, 2.75) is 32.8 Å². The molecule has 1 atom stereocenters. The van der Waals surface area contributed by atoms with Crippen LogP contribution in [0.1, 0.15) is 34.9 Å². The molecule has 28 heavy (non-hydrogen) atoms. The van der Waals surface area contributed by atoms with Crippen LogP contribution in [0.15, 0.2) is 47.0 Å². The van der Waals surface area contributed by atoms with Gasteiger partial charge in [-0.2, -0.15) is 0 Å². The fraction of sp³-hybridized carbons (Fsp3) is 0.273. The number of fused-ring (bicyclic) bond motifs is 1. The van der Waals surface area contributed by atoms with Gasteiger partial charge in [0.15, 0.2) is 0 Å². The van der Waals surface area contributed by atoms with E-state index in [4.69, 9.17) is 19.1 Å². The van der Waals surface area contributed by atoms with Crippen LogP contribution in [0.2, 0.25) is 0 Å². The molecule has 0 amide bonds. The first-order valence-electron chi connectivity index (χ1n) is 9.15. The van der Waals surface area contributed by atoms with Gasteiger partial charge in [0.2, 0.25) is 0 Å². The zero-order valence-electron chi connectivity index (χ0n) is 15.8. The number of benzene rings is 2. The van der Waals surface area contributed by atoms with Crippen LogP contribution >= 0.6 is 0 Å². The summed E-state index contributed by atoms with van der Waals surface area (Å²) in [4.78, 5) is 11.0. The third-order valence-corrected chi connectivity index (χ3v) is 4.94. The summed E-state index contributed by atoms with van der Waals surface area (Å²) in [5, 5.41) is 13.0. The van der Waals surface area contributed by atoms with Crippen LogP contribution in [0, 0.1) is 13.8 Å². The molecule has 0 radical (unpaired) electrons. The maximum absolute atomic E-state index is 11.0.